The number of esters is 1. The van der Waals surface area contributed by atoms with Crippen LogP contribution in [0.2, 0.25) is 0 Å². The van der Waals surface area contributed by atoms with Crippen LogP contribution in [0.4, 0.5) is 0 Å². The van der Waals surface area contributed by atoms with Crippen molar-refractivity contribution in [3.8, 4) is 11.4 Å². The highest BCUT2D eigenvalue weighted by molar-refractivity contribution is 5.78. The van der Waals surface area contributed by atoms with E-state index in [2.05, 4.69) is 16.3 Å². The van der Waals surface area contributed by atoms with Crippen LogP contribution in [0, 0.1) is 12.8 Å². The smallest absolute Gasteiger partial charge is 0.337 e. The minimum Gasteiger partial charge on any atom is -0.497 e. The molecule has 1 heterocycles. The molecule has 1 aromatic carbocycles. The van der Waals surface area contributed by atoms with E-state index in [-0.39, 0.29) is 25.2 Å². The van der Waals surface area contributed by atoms with Crippen LogP contribution in [0.25, 0.3) is 5.69 Å². The van der Waals surface area contributed by atoms with Gasteiger partial charge < -0.3 is 19.3 Å². The van der Waals surface area contributed by atoms with Crippen molar-refractivity contribution in [2.45, 2.75) is 59.8 Å². The predicted octanol–water partition coefficient (Wildman–Crippen LogP) is 3.72. The number of benzene rings is 1. The van der Waals surface area contributed by atoms with Crippen molar-refractivity contribution < 1.29 is 28.9 Å². The molecule has 1 aliphatic carbocycles. The van der Waals surface area contributed by atoms with Crippen LogP contribution in [0.5, 0.6) is 5.75 Å². The highest BCUT2D eigenvalue weighted by Crippen LogP contribution is 2.30. The Morgan fingerprint density at radius 2 is 1.82 bits per heavy atom. The zero-order valence-electron chi connectivity index (χ0n) is 23.2. The quantitative estimate of drug-likeness (QED) is 0.413. The third-order valence-electron chi connectivity index (χ3n) is 6.32. The largest absolute Gasteiger partial charge is 0.497 e. The number of hydrogen-bond donors (Lipinski definition) is 1. The summed E-state index contributed by atoms with van der Waals surface area (Å²) in [7, 11) is 1.61. The fourth-order valence-corrected chi connectivity index (χ4v) is 4.45. The average molecular weight is 527 g/mol. The highest BCUT2D eigenvalue weighted by Gasteiger charge is 2.36. The lowest BCUT2D eigenvalue weighted by molar-refractivity contribution is -0.173. The van der Waals surface area contributed by atoms with Crippen molar-refractivity contribution >= 4 is 11.9 Å². The van der Waals surface area contributed by atoms with Gasteiger partial charge in [0.15, 0.2) is 5.60 Å². The SMILES string of the molecule is CCOC(=O)C(C)(C)OC1C(C)=CC(CN(CC(=O)O)Cc2nn(-c3ccc(OC)cc3)nc2C)=CC1C. The molecule has 10 nitrogen and oxygen atoms in total. The number of rotatable bonds is 12. The molecule has 0 bridgehead atoms. The van der Waals surface area contributed by atoms with E-state index in [4.69, 9.17) is 14.2 Å². The molecule has 0 saturated carbocycles. The fourth-order valence-electron chi connectivity index (χ4n) is 4.45. The van der Waals surface area contributed by atoms with Gasteiger partial charge in [0.2, 0.25) is 0 Å². The van der Waals surface area contributed by atoms with Crippen molar-refractivity contribution in [3.05, 3.63) is 59.0 Å². The van der Waals surface area contributed by atoms with Crippen LogP contribution in [0.1, 0.15) is 46.0 Å². The van der Waals surface area contributed by atoms with Gasteiger partial charge >= 0.3 is 11.9 Å². The van der Waals surface area contributed by atoms with E-state index < -0.39 is 17.5 Å². The summed E-state index contributed by atoms with van der Waals surface area (Å²) in [6.45, 7) is 11.9. The maximum Gasteiger partial charge on any atom is 0.337 e. The third kappa shape index (κ3) is 7.29. The van der Waals surface area contributed by atoms with Gasteiger partial charge in [0.05, 0.1) is 37.7 Å². The van der Waals surface area contributed by atoms with Gasteiger partial charge in [-0.05, 0) is 70.0 Å². The first-order valence-corrected chi connectivity index (χ1v) is 12.7. The summed E-state index contributed by atoms with van der Waals surface area (Å²) in [6.07, 6.45) is 3.77. The summed E-state index contributed by atoms with van der Waals surface area (Å²) in [4.78, 5) is 27.4. The maximum absolute atomic E-state index is 12.3. The number of carboxylic acids is 1. The number of aliphatic carboxylic acids is 1. The Kier molecular flexibility index (Phi) is 9.45. The van der Waals surface area contributed by atoms with Crippen LogP contribution in [-0.4, -0.2) is 75.5 Å². The van der Waals surface area contributed by atoms with Gasteiger partial charge in [0.25, 0.3) is 0 Å². The fraction of sp³-hybridized carbons (Fsp3) is 0.500. The molecule has 1 aliphatic rings. The van der Waals surface area contributed by atoms with Gasteiger partial charge in [-0.2, -0.15) is 15.0 Å². The highest BCUT2D eigenvalue weighted by atomic mass is 16.6. The van der Waals surface area contributed by atoms with E-state index in [1.807, 2.05) is 56.0 Å². The average Bonchev–Trinajstić information content (AvgIpc) is 3.21. The lowest BCUT2D eigenvalue weighted by atomic mass is 9.88. The van der Waals surface area contributed by atoms with Gasteiger partial charge in [-0.15, -0.1) is 0 Å². The minimum atomic E-state index is -1.09. The molecule has 0 aliphatic heterocycles. The van der Waals surface area contributed by atoms with E-state index >= 15 is 0 Å². The molecule has 0 fully saturated rings. The second kappa shape index (κ2) is 12.4. The summed E-state index contributed by atoms with van der Waals surface area (Å²) >= 11 is 0. The van der Waals surface area contributed by atoms with Crippen molar-refractivity contribution in [1.82, 2.24) is 19.9 Å². The second-order valence-electron chi connectivity index (χ2n) is 10.0. The van der Waals surface area contributed by atoms with Gasteiger partial charge in [0.1, 0.15) is 11.4 Å². The third-order valence-corrected chi connectivity index (χ3v) is 6.32. The van der Waals surface area contributed by atoms with E-state index in [9.17, 15) is 14.7 Å². The van der Waals surface area contributed by atoms with E-state index in [0.717, 1.165) is 28.3 Å². The standard InChI is InChI=1S/C28H38N4O6/c1-8-37-27(35)28(5,6)38-26-18(2)13-21(14-19(26)3)15-31(17-25(33)34)16-24-20(4)29-32(30-24)22-9-11-23(36-7)12-10-22/h9-14,18,26H,8,15-17H2,1-7H3,(H,33,34). The molecular weight excluding hydrogens is 488 g/mol. The van der Waals surface area contributed by atoms with Crippen LogP contribution in [0.15, 0.2) is 47.6 Å². The number of nitrogens with zero attached hydrogens (tertiary/aromatic N) is 4. The topological polar surface area (TPSA) is 116 Å². The summed E-state index contributed by atoms with van der Waals surface area (Å²) in [6, 6.07) is 7.39. The molecule has 206 valence electrons. The first kappa shape index (κ1) is 29.1. The van der Waals surface area contributed by atoms with E-state index in [1.54, 1.807) is 32.7 Å². The maximum atomic E-state index is 12.3. The number of aryl methyl sites for hydroxylation is 1. The molecule has 0 radical (unpaired) electrons. The Bertz CT molecular complexity index is 1200. The second-order valence-corrected chi connectivity index (χ2v) is 10.0. The van der Waals surface area contributed by atoms with Crippen molar-refractivity contribution in [2.24, 2.45) is 5.92 Å². The number of methoxy groups -OCH3 is 1. The van der Waals surface area contributed by atoms with Crippen molar-refractivity contribution in [3.63, 3.8) is 0 Å². The number of carbonyl (C=O) groups is 2. The first-order valence-electron chi connectivity index (χ1n) is 12.7. The summed E-state index contributed by atoms with van der Waals surface area (Å²) in [5, 5.41) is 18.7. The molecule has 1 N–H and O–H groups in total. The van der Waals surface area contributed by atoms with Crippen LogP contribution in [0.3, 0.4) is 0 Å². The summed E-state index contributed by atoms with van der Waals surface area (Å²) in [5.41, 5.74) is 3.06. The Morgan fingerprint density at radius 1 is 1.13 bits per heavy atom. The molecule has 2 atom stereocenters. The number of aromatic nitrogens is 3. The Morgan fingerprint density at radius 3 is 2.39 bits per heavy atom. The molecule has 0 amide bonds. The molecule has 38 heavy (non-hydrogen) atoms. The zero-order valence-corrected chi connectivity index (χ0v) is 23.2. The van der Waals surface area contributed by atoms with Crippen molar-refractivity contribution in [2.75, 3.05) is 26.8 Å². The lowest BCUT2D eigenvalue weighted by Crippen LogP contribution is -2.43. The van der Waals surface area contributed by atoms with Crippen LogP contribution >= 0.6 is 0 Å². The summed E-state index contributed by atoms with van der Waals surface area (Å²) in [5.74, 6) is -0.609. The zero-order chi connectivity index (χ0) is 28.0. The first-order chi connectivity index (χ1) is 17.9. The number of hydrogen-bond acceptors (Lipinski definition) is 8. The van der Waals surface area contributed by atoms with Crippen molar-refractivity contribution in [1.29, 1.82) is 0 Å². The lowest BCUT2D eigenvalue weighted by Gasteiger charge is -2.35. The molecular formula is C28H38N4O6. The van der Waals surface area contributed by atoms with Gasteiger partial charge in [-0.3, -0.25) is 9.69 Å². The Hall–Kier alpha value is -3.50. The number of carbonyl (C=O) groups excluding carboxylic acids is 1. The normalized spacial score (nSPS) is 17.7. The van der Waals surface area contributed by atoms with E-state index in [1.165, 1.54) is 0 Å². The van der Waals surface area contributed by atoms with E-state index in [0.29, 0.717) is 18.8 Å². The molecule has 0 spiro atoms. The molecule has 2 aromatic rings. The molecule has 1 aromatic heterocycles. The molecule has 10 heteroatoms. The van der Waals surface area contributed by atoms with Gasteiger partial charge in [-0.1, -0.05) is 19.1 Å². The Labute approximate surface area is 223 Å². The van der Waals surface area contributed by atoms with Gasteiger partial charge in [-0.25, -0.2) is 4.79 Å². The van der Waals surface area contributed by atoms with Crippen LogP contribution in [-0.2, 0) is 25.6 Å². The number of carboxylic acid groups (broad SMARTS) is 1. The molecule has 0 saturated heterocycles. The van der Waals surface area contributed by atoms with Crippen LogP contribution < -0.4 is 4.74 Å². The van der Waals surface area contributed by atoms with Gasteiger partial charge in [0, 0.05) is 19.0 Å². The number of ether oxygens (including phenoxy) is 3. The molecule has 3 rings (SSSR count). The minimum absolute atomic E-state index is 0.0203. The predicted molar refractivity (Wildman–Crippen MR) is 142 cm³/mol. The summed E-state index contributed by atoms with van der Waals surface area (Å²) < 4.78 is 16.5. The molecule has 2 unspecified atom stereocenters. The Balaban J connectivity index is 1.74. The monoisotopic (exact) mass is 526 g/mol.